The van der Waals surface area contributed by atoms with Crippen molar-refractivity contribution in [3.05, 3.63) is 40.9 Å². The van der Waals surface area contributed by atoms with Gasteiger partial charge in [0, 0.05) is 19.0 Å². The van der Waals surface area contributed by atoms with E-state index in [1.165, 1.54) is 6.92 Å². The van der Waals surface area contributed by atoms with Crippen LogP contribution < -0.4 is 11.1 Å². The van der Waals surface area contributed by atoms with Gasteiger partial charge in [0.2, 0.25) is 5.91 Å². The average molecular weight is 343 g/mol. The van der Waals surface area contributed by atoms with Gasteiger partial charge < -0.3 is 20.4 Å². The summed E-state index contributed by atoms with van der Waals surface area (Å²) >= 11 is 0. The predicted octanol–water partition coefficient (Wildman–Crippen LogP) is 2.12. The van der Waals surface area contributed by atoms with Crippen LogP contribution in [-0.4, -0.2) is 36.6 Å². The van der Waals surface area contributed by atoms with E-state index in [4.69, 9.17) is 20.5 Å². The molecule has 1 aromatic rings. The standard InChI is InChI=1S/C18H26BN3O3/c1-12(23)22-11-14(19-24-17(2,3)18(4,5)25-19)10-13-8-6-7-9-15(13)16(20)21/h6-10H,11H2,1-5H3,(H3,20,21)(H,22,23). The minimum Gasteiger partial charge on any atom is -0.400 e. The van der Waals surface area contributed by atoms with Gasteiger partial charge in [-0.05, 0) is 38.7 Å². The molecule has 0 atom stereocenters. The van der Waals surface area contributed by atoms with Crippen LogP contribution in [-0.2, 0) is 14.1 Å². The van der Waals surface area contributed by atoms with Crippen LogP contribution in [0.4, 0.5) is 0 Å². The van der Waals surface area contributed by atoms with Crippen molar-refractivity contribution in [3.63, 3.8) is 0 Å². The first-order chi connectivity index (χ1) is 11.5. The summed E-state index contributed by atoms with van der Waals surface area (Å²) in [7, 11) is -0.586. The molecule has 0 spiro atoms. The smallest absolute Gasteiger partial charge is 0.400 e. The molecule has 0 bridgehead atoms. The predicted molar refractivity (Wildman–Crippen MR) is 100 cm³/mol. The number of nitrogens with two attached hydrogens (primary N) is 1. The van der Waals surface area contributed by atoms with Crippen molar-refractivity contribution in [1.82, 2.24) is 5.32 Å². The second-order valence-electron chi connectivity index (χ2n) is 7.22. The lowest BCUT2D eigenvalue weighted by Crippen LogP contribution is -2.41. The number of carbonyl (C=O) groups excluding carboxylic acids is 1. The maximum Gasteiger partial charge on any atom is 0.492 e. The van der Waals surface area contributed by atoms with Crippen molar-refractivity contribution in [2.24, 2.45) is 5.73 Å². The van der Waals surface area contributed by atoms with E-state index in [0.717, 1.165) is 11.0 Å². The zero-order valence-electron chi connectivity index (χ0n) is 15.5. The molecule has 0 aliphatic carbocycles. The Hall–Kier alpha value is -2.12. The molecule has 0 radical (unpaired) electrons. The molecule has 1 fully saturated rings. The number of nitrogens with one attached hydrogen (secondary N) is 2. The largest absolute Gasteiger partial charge is 0.492 e. The highest BCUT2D eigenvalue weighted by Crippen LogP contribution is 2.38. The first-order valence-corrected chi connectivity index (χ1v) is 8.27. The molecule has 1 heterocycles. The quantitative estimate of drug-likeness (QED) is 0.433. The van der Waals surface area contributed by atoms with Crippen molar-refractivity contribution < 1.29 is 14.1 Å². The number of benzene rings is 1. The first kappa shape index (κ1) is 19.2. The Bertz CT molecular complexity index is 697. The van der Waals surface area contributed by atoms with Crippen molar-refractivity contribution in [2.45, 2.75) is 45.8 Å². The summed E-state index contributed by atoms with van der Waals surface area (Å²) in [5.74, 6) is -0.151. The second-order valence-corrected chi connectivity index (χ2v) is 7.22. The number of nitrogen functional groups attached to an aromatic ring is 1. The van der Waals surface area contributed by atoms with Gasteiger partial charge in [-0.25, -0.2) is 0 Å². The average Bonchev–Trinajstić information content (AvgIpc) is 2.71. The fourth-order valence-electron chi connectivity index (χ4n) is 2.49. The number of rotatable bonds is 5. The Morgan fingerprint density at radius 1 is 1.24 bits per heavy atom. The monoisotopic (exact) mass is 343 g/mol. The van der Waals surface area contributed by atoms with E-state index in [1.807, 2.05) is 52.0 Å². The summed E-state index contributed by atoms with van der Waals surface area (Å²) in [6.07, 6.45) is 1.87. The lowest BCUT2D eigenvalue weighted by atomic mass is 9.76. The maximum absolute atomic E-state index is 11.4. The molecule has 134 valence electrons. The zero-order valence-corrected chi connectivity index (χ0v) is 15.5. The number of hydrogen-bond acceptors (Lipinski definition) is 4. The fourth-order valence-corrected chi connectivity index (χ4v) is 2.49. The normalized spacial score (nSPS) is 18.9. The van der Waals surface area contributed by atoms with Gasteiger partial charge in [-0.1, -0.05) is 30.3 Å². The highest BCUT2D eigenvalue weighted by atomic mass is 16.7. The topological polar surface area (TPSA) is 97.4 Å². The first-order valence-electron chi connectivity index (χ1n) is 8.27. The summed E-state index contributed by atoms with van der Waals surface area (Å²) < 4.78 is 12.2. The SMILES string of the molecule is CC(=O)NCC(=Cc1ccccc1C(=N)N)B1OC(C)(C)C(C)(C)O1. The molecule has 1 aromatic carbocycles. The van der Waals surface area contributed by atoms with Crippen LogP contribution in [0.1, 0.15) is 45.7 Å². The Kier molecular flexibility index (Phi) is 5.39. The van der Waals surface area contributed by atoms with E-state index in [1.54, 1.807) is 6.07 Å². The molecular weight excluding hydrogens is 317 g/mol. The second kappa shape index (κ2) is 7.02. The van der Waals surface area contributed by atoms with E-state index in [0.29, 0.717) is 12.1 Å². The molecule has 25 heavy (non-hydrogen) atoms. The molecule has 7 heteroatoms. The van der Waals surface area contributed by atoms with Gasteiger partial charge in [0.15, 0.2) is 0 Å². The highest BCUT2D eigenvalue weighted by Gasteiger charge is 2.52. The van der Waals surface area contributed by atoms with E-state index in [9.17, 15) is 4.79 Å². The Balaban J connectivity index is 2.41. The molecule has 0 saturated carbocycles. The van der Waals surface area contributed by atoms with Gasteiger partial charge in [-0.3, -0.25) is 10.2 Å². The Labute approximate surface area is 149 Å². The molecule has 1 aliphatic rings. The van der Waals surface area contributed by atoms with Gasteiger partial charge in [-0.15, -0.1) is 0 Å². The summed E-state index contributed by atoms with van der Waals surface area (Å²) in [6.45, 7) is 9.67. The third-order valence-electron chi connectivity index (χ3n) is 4.69. The highest BCUT2D eigenvalue weighted by molar-refractivity contribution is 6.56. The van der Waals surface area contributed by atoms with Crippen molar-refractivity contribution >= 4 is 24.9 Å². The van der Waals surface area contributed by atoms with Crippen LogP contribution in [0.15, 0.2) is 29.7 Å². The van der Waals surface area contributed by atoms with Crippen LogP contribution in [0.2, 0.25) is 0 Å². The van der Waals surface area contributed by atoms with Crippen LogP contribution in [0.5, 0.6) is 0 Å². The van der Waals surface area contributed by atoms with E-state index < -0.39 is 18.3 Å². The molecule has 1 saturated heterocycles. The Morgan fingerprint density at radius 3 is 2.32 bits per heavy atom. The van der Waals surface area contributed by atoms with Gasteiger partial charge >= 0.3 is 7.12 Å². The van der Waals surface area contributed by atoms with Crippen LogP contribution in [0.3, 0.4) is 0 Å². The van der Waals surface area contributed by atoms with Crippen LogP contribution in [0.25, 0.3) is 6.08 Å². The zero-order chi connectivity index (χ0) is 18.8. The van der Waals surface area contributed by atoms with E-state index in [-0.39, 0.29) is 11.7 Å². The summed E-state index contributed by atoms with van der Waals surface area (Å²) in [5, 5.41) is 10.5. The number of amidine groups is 1. The van der Waals surface area contributed by atoms with E-state index >= 15 is 0 Å². The molecule has 0 unspecified atom stereocenters. The minimum atomic E-state index is -0.586. The molecule has 2 rings (SSSR count). The maximum atomic E-state index is 11.4. The number of amides is 1. The number of carbonyl (C=O) groups is 1. The van der Waals surface area contributed by atoms with Gasteiger partial charge in [0.1, 0.15) is 5.84 Å². The van der Waals surface area contributed by atoms with Crippen molar-refractivity contribution in [3.8, 4) is 0 Å². The van der Waals surface area contributed by atoms with Gasteiger partial charge in [0.25, 0.3) is 0 Å². The molecule has 6 nitrogen and oxygen atoms in total. The summed E-state index contributed by atoms with van der Waals surface area (Å²) in [4.78, 5) is 11.4. The molecular formula is C18H26BN3O3. The van der Waals surface area contributed by atoms with Crippen molar-refractivity contribution in [2.75, 3.05) is 6.54 Å². The van der Waals surface area contributed by atoms with Crippen molar-refractivity contribution in [1.29, 1.82) is 5.41 Å². The van der Waals surface area contributed by atoms with E-state index in [2.05, 4.69) is 5.32 Å². The summed E-state index contributed by atoms with van der Waals surface area (Å²) in [6, 6.07) is 7.36. The van der Waals surface area contributed by atoms with Crippen LogP contribution >= 0.6 is 0 Å². The summed E-state index contributed by atoms with van der Waals surface area (Å²) in [5.41, 5.74) is 6.89. The lowest BCUT2D eigenvalue weighted by Gasteiger charge is -2.32. The molecule has 4 N–H and O–H groups in total. The lowest BCUT2D eigenvalue weighted by molar-refractivity contribution is -0.118. The molecule has 1 amide bonds. The molecule has 0 aromatic heterocycles. The fraction of sp³-hybridized carbons (Fsp3) is 0.444. The number of hydrogen-bond donors (Lipinski definition) is 3. The third-order valence-corrected chi connectivity index (χ3v) is 4.69. The minimum absolute atomic E-state index is 0.0142. The van der Waals surface area contributed by atoms with Gasteiger partial charge in [-0.2, -0.15) is 0 Å². The molecule has 1 aliphatic heterocycles. The third kappa shape index (κ3) is 4.30. The Morgan fingerprint density at radius 2 is 1.80 bits per heavy atom. The van der Waals surface area contributed by atoms with Crippen LogP contribution in [0, 0.1) is 5.41 Å². The van der Waals surface area contributed by atoms with Gasteiger partial charge in [0.05, 0.1) is 11.2 Å².